The normalized spacial score (nSPS) is 14.2. The van der Waals surface area contributed by atoms with E-state index in [-0.39, 0.29) is 28.2 Å². The van der Waals surface area contributed by atoms with Crippen molar-refractivity contribution in [2.24, 2.45) is 0 Å². The second kappa shape index (κ2) is 7.81. The summed E-state index contributed by atoms with van der Waals surface area (Å²) in [4.78, 5) is 11.5. The molecule has 1 amide bonds. The highest BCUT2D eigenvalue weighted by Gasteiger charge is 2.55. The molecule has 0 heterocycles. The predicted molar refractivity (Wildman–Crippen MR) is 98.7 cm³/mol. The molecule has 1 unspecified atom stereocenters. The van der Waals surface area contributed by atoms with Gasteiger partial charge < -0.3 is 10.4 Å². The number of nitrogens with zero attached hydrogens (tertiary/aromatic N) is 1. The van der Waals surface area contributed by atoms with Gasteiger partial charge in [-0.1, -0.05) is 11.6 Å². The van der Waals surface area contributed by atoms with Crippen molar-refractivity contribution in [1.29, 1.82) is 0 Å². The lowest BCUT2D eigenvalue weighted by atomic mass is 10.1. The molecule has 29 heavy (non-hydrogen) atoms. The Hall–Kier alpha value is -2.37. The Labute approximate surface area is 168 Å². The molecule has 0 saturated heterocycles. The van der Waals surface area contributed by atoms with E-state index in [1.807, 2.05) is 5.32 Å². The SMILES string of the molecule is CN(c1ccc(NC(=O)C(C)(O)C(F)(F)F)c(Cl)c1)S(=O)(=O)c1ccc(F)cc1. The predicted octanol–water partition coefficient (Wildman–Crippen LogP) is 3.56. The number of alkyl halides is 3. The van der Waals surface area contributed by atoms with E-state index in [1.54, 1.807) is 0 Å². The third kappa shape index (κ3) is 4.62. The highest BCUT2D eigenvalue weighted by Crippen LogP contribution is 2.34. The second-order valence-corrected chi connectivity index (χ2v) is 8.49. The summed E-state index contributed by atoms with van der Waals surface area (Å²) in [5, 5.41) is 11.0. The molecule has 2 aromatic rings. The van der Waals surface area contributed by atoms with Crippen LogP contribution < -0.4 is 9.62 Å². The highest BCUT2D eigenvalue weighted by molar-refractivity contribution is 7.92. The average molecular weight is 455 g/mol. The summed E-state index contributed by atoms with van der Waals surface area (Å²) in [6.07, 6.45) is -5.22. The van der Waals surface area contributed by atoms with Crippen molar-refractivity contribution in [3.8, 4) is 0 Å². The number of halogens is 5. The monoisotopic (exact) mass is 454 g/mol. The van der Waals surface area contributed by atoms with Gasteiger partial charge in [-0.15, -0.1) is 0 Å². The first-order valence-corrected chi connectivity index (χ1v) is 9.64. The van der Waals surface area contributed by atoms with Gasteiger partial charge in [-0.05, 0) is 49.4 Å². The van der Waals surface area contributed by atoms with Gasteiger partial charge in [0.2, 0.25) is 5.60 Å². The van der Waals surface area contributed by atoms with Gasteiger partial charge >= 0.3 is 6.18 Å². The molecule has 2 rings (SSSR count). The van der Waals surface area contributed by atoms with Crippen LogP contribution in [0.15, 0.2) is 47.4 Å². The van der Waals surface area contributed by atoms with Crippen LogP contribution in [0.3, 0.4) is 0 Å². The van der Waals surface area contributed by atoms with E-state index in [1.165, 1.54) is 13.1 Å². The summed E-state index contributed by atoms with van der Waals surface area (Å²) in [5.74, 6) is -2.38. The van der Waals surface area contributed by atoms with Gasteiger partial charge in [0.15, 0.2) is 0 Å². The Kier molecular flexibility index (Phi) is 6.17. The fourth-order valence-electron chi connectivity index (χ4n) is 2.08. The second-order valence-electron chi connectivity index (χ2n) is 6.11. The number of carbonyl (C=O) groups excluding carboxylic acids is 1. The van der Waals surface area contributed by atoms with Crippen LogP contribution in [0, 0.1) is 5.82 Å². The molecule has 0 aliphatic heterocycles. The Balaban J connectivity index is 2.29. The van der Waals surface area contributed by atoms with Crippen molar-refractivity contribution >= 4 is 38.9 Å². The molecule has 0 radical (unpaired) electrons. The Morgan fingerprint density at radius 2 is 1.69 bits per heavy atom. The van der Waals surface area contributed by atoms with Crippen molar-refractivity contribution in [2.45, 2.75) is 23.6 Å². The van der Waals surface area contributed by atoms with Gasteiger partial charge in [0.25, 0.3) is 15.9 Å². The Bertz CT molecular complexity index is 1020. The molecule has 0 bridgehead atoms. The fourth-order valence-corrected chi connectivity index (χ4v) is 3.49. The van der Waals surface area contributed by atoms with Crippen LogP contribution in [0.5, 0.6) is 0 Å². The maximum absolute atomic E-state index is 13.0. The zero-order valence-electron chi connectivity index (χ0n) is 15.0. The van der Waals surface area contributed by atoms with Crippen LogP contribution in [0.1, 0.15) is 6.92 Å². The third-order valence-corrected chi connectivity index (χ3v) is 6.14. The topological polar surface area (TPSA) is 86.7 Å². The minimum atomic E-state index is -5.22. The number of hydrogen-bond acceptors (Lipinski definition) is 4. The molecule has 0 aromatic heterocycles. The number of sulfonamides is 1. The number of nitrogens with one attached hydrogen (secondary N) is 1. The van der Waals surface area contributed by atoms with Gasteiger partial charge in [-0.2, -0.15) is 13.2 Å². The summed E-state index contributed by atoms with van der Waals surface area (Å²) in [6.45, 7) is 0.285. The van der Waals surface area contributed by atoms with Crippen molar-refractivity contribution < 1.29 is 35.9 Å². The minimum Gasteiger partial charge on any atom is -0.373 e. The summed E-state index contributed by atoms with van der Waals surface area (Å²) in [6, 6.07) is 7.44. The van der Waals surface area contributed by atoms with E-state index in [2.05, 4.69) is 0 Å². The molecule has 0 spiro atoms. The van der Waals surface area contributed by atoms with Crippen LogP contribution in [0.4, 0.5) is 28.9 Å². The number of anilines is 2. The van der Waals surface area contributed by atoms with Crippen LogP contribution in [-0.4, -0.2) is 38.3 Å². The van der Waals surface area contributed by atoms with Gasteiger partial charge in [0.1, 0.15) is 5.82 Å². The summed E-state index contributed by atoms with van der Waals surface area (Å²) in [5.41, 5.74) is -3.89. The van der Waals surface area contributed by atoms with E-state index >= 15 is 0 Å². The number of amides is 1. The smallest absolute Gasteiger partial charge is 0.373 e. The first-order valence-electron chi connectivity index (χ1n) is 7.82. The molecule has 0 aliphatic carbocycles. The third-order valence-electron chi connectivity index (χ3n) is 4.03. The first-order chi connectivity index (χ1) is 13.2. The first kappa shape index (κ1) is 22.9. The van der Waals surface area contributed by atoms with E-state index < -0.39 is 33.5 Å². The molecule has 2 aromatic carbocycles. The number of benzene rings is 2. The number of aliphatic hydroxyl groups is 1. The van der Waals surface area contributed by atoms with Crippen LogP contribution in [0.2, 0.25) is 5.02 Å². The van der Waals surface area contributed by atoms with Crippen molar-refractivity contribution in [3.63, 3.8) is 0 Å². The number of carbonyl (C=O) groups is 1. The number of hydrogen-bond donors (Lipinski definition) is 2. The molecule has 0 saturated carbocycles. The molecular formula is C17H15ClF4N2O4S. The lowest BCUT2D eigenvalue weighted by Crippen LogP contribution is -2.52. The molecule has 12 heteroatoms. The lowest BCUT2D eigenvalue weighted by Gasteiger charge is -2.25. The molecule has 2 N–H and O–H groups in total. The van der Waals surface area contributed by atoms with Crippen molar-refractivity contribution in [2.75, 3.05) is 16.7 Å². The molecular weight excluding hydrogens is 440 g/mol. The molecule has 1 atom stereocenters. The van der Waals surface area contributed by atoms with Gasteiger partial charge in [0.05, 0.1) is 21.3 Å². The van der Waals surface area contributed by atoms with Crippen LogP contribution in [0.25, 0.3) is 0 Å². The Morgan fingerprint density at radius 3 is 2.17 bits per heavy atom. The minimum absolute atomic E-state index is 0.0277. The van der Waals surface area contributed by atoms with Gasteiger partial charge in [-0.3, -0.25) is 9.10 Å². The molecule has 0 aliphatic rings. The standard InChI is InChI=1S/C17H15ClF4N2O4S/c1-16(26,17(20,21)22)15(25)23-14-8-5-11(9-13(14)18)24(2)29(27,28)12-6-3-10(19)4-7-12/h3-9,26H,1-2H3,(H,23,25). The largest absolute Gasteiger partial charge is 0.426 e. The lowest BCUT2D eigenvalue weighted by molar-refractivity contribution is -0.242. The maximum Gasteiger partial charge on any atom is 0.426 e. The van der Waals surface area contributed by atoms with Gasteiger partial charge in [0, 0.05) is 7.05 Å². The van der Waals surface area contributed by atoms with E-state index in [0.29, 0.717) is 0 Å². The average Bonchev–Trinajstić information content (AvgIpc) is 2.62. The summed E-state index contributed by atoms with van der Waals surface area (Å²) in [7, 11) is -2.88. The molecule has 6 nitrogen and oxygen atoms in total. The van der Waals surface area contributed by atoms with E-state index in [4.69, 9.17) is 11.6 Å². The van der Waals surface area contributed by atoms with Gasteiger partial charge in [-0.25, -0.2) is 12.8 Å². The van der Waals surface area contributed by atoms with Crippen LogP contribution >= 0.6 is 11.6 Å². The Morgan fingerprint density at radius 1 is 1.14 bits per heavy atom. The van der Waals surface area contributed by atoms with E-state index in [9.17, 15) is 35.9 Å². The summed E-state index contributed by atoms with van der Waals surface area (Å²) >= 11 is 5.95. The zero-order valence-corrected chi connectivity index (χ0v) is 16.5. The van der Waals surface area contributed by atoms with Crippen LogP contribution in [-0.2, 0) is 14.8 Å². The highest BCUT2D eigenvalue weighted by atomic mass is 35.5. The van der Waals surface area contributed by atoms with Crippen molar-refractivity contribution in [3.05, 3.63) is 53.3 Å². The quantitative estimate of drug-likeness (QED) is 0.676. The maximum atomic E-state index is 13.0. The molecule has 158 valence electrons. The molecule has 0 fully saturated rings. The van der Waals surface area contributed by atoms with E-state index in [0.717, 1.165) is 40.7 Å². The fraction of sp³-hybridized carbons (Fsp3) is 0.235. The van der Waals surface area contributed by atoms with Crippen molar-refractivity contribution in [1.82, 2.24) is 0 Å². The number of rotatable bonds is 5. The zero-order chi connectivity index (χ0) is 22.2. The summed E-state index contributed by atoms with van der Waals surface area (Å²) < 4.78 is 77.2.